The summed E-state index contributed by atoms with van der Waals surface area (Å²) >= 11 is 3.48. The van der Waals surface area contributed by atoms with Crippen LogP contribution in [0.4, 0.5) is 0 Å². The Morgan fingerprint density at radius 3 is 2.95 bits per heavy atom. The molecular formula is C15H21BrN2O. The van der Waals surface area contributed by atoms with Crippen molar-refractivity contribution in [3.8, 4) is 0 Å². The van der Waals surface area contributed by atoms with Gasteiger partial charge in [0.05, 0.1) is 0 Å². The zero-order valence-electron chi connectivity index (χ0n) is 11.5. The molecule has 104 valence electrons. The van der Waals surface area contributed by atoms with E-state index in [4.69, 9.17) is 5.73 Å². The van der Waals surface area contributed by atoms with Crippen LogP contribution in [0.15, 0.2) is 22.7 Å². The second kappa shape index (κ2) is 6.06. The lowest BCUT2D eigenvalue weighted by molar-refractivity contribution is 0.0660. The number of rotatable bonds is 2. The molecule has 2 N–H and O–H groups in total. The molecule has 2 unspecified atom stereocenters. The number of carbonyl (C=O) groups excluding carboxylic acids is 1. The Bertz CT molecular complexity index is 473. The maximum Gasteiger partial charge on any atom is 0.254 e. The van der Waals surface area contributed by atoms with Gasteiger partial charge in [0.2, 0.25) is 0 Å². The van der Waals surface area contributed by atoms with Crippen LogP contribution in [0.25, 0.3) is 0 Å². The van der Waals surface area contributed by atoms with Gasteiger partial charge in [-0.1, -0.05) is 22.0 Å². The number of nitrogens with two attached hydrogens (primary N) is 1. The van der Waals surface area contributed by atoms with Gasteiger partial charge in [-0.05, 0) is 50.3 Å². The van der Waals surface area contributed by atoms with Gasteiger partial charge in [-0.2, -0.15) is 0 Å². The van der Waals surface area contributed by atoms with E-state index in [-0.39, 0.29) is 11.9 Å². The standard InChI is InChI=1S/C15H21BrN2O/c1-10-13(6-3-7-14(10)16)15(19)18-8-4-5-12(9-18)11(2)17/h3,6-7,11-12H,4-5,8-9,17H2,1-2H3. The Morgan fingerprint density at radius 2 is 2.26 bits per heavy atom. The highest BCUT2D eigenvalue weighted by atomic mass is 79.9. The molecule has 4 heteroatoms. The van der Waals surface area contributed by atoms with E-state index in [1.165, 1.54) is 0 Å². The molecule has 0 aromatic heterocycles. The Balaban J connectivity index is 2.17. The average Bonchev–Trinajstić information content (AvgIpc) is 2.41. The first-order valence-corrected chi connectivity index (χ1v) is 7.60. The summed E-state index contributed by atoms with van der Waals surface area (Å²) in [5.41, 5.74) is 7.78. The minimum absolute atomic E-state index is 0.129. The van der Waals surface area contributed by atoms with E-state index in [1.807, 2.05) is 36.9 Å². The molecule has 1 aromatic carbocycles. The fourth-order valence-corrected chi connectivity index (χ4v) is 3.00. The predicted molar refractivity (Wildman–Crippen MR) is 81.2 cm³/mol. The van der Waals surface area contributed by atoms with E-state index >= 15 is 0 Å². The van der Waals surface area contributed by atoms with Crippen LogP contribution in [0, 0.1) is 12.8 Å². The maximum atomic E-state index is 12.6. The number of hydrogen-bond donors (Lipinski definition) is 1. The Kier molecular flexibility index (Phi) is 4.63. The Morgan fingerprint density at radius 1 is 1.53 bits per heavy atom. The monoisotopic (exact) mass is 324 g/mol. The van der Waals surface area contributed by atoms with Crippen molar-refractivity contribution in [1.82, 2.24) is 4.90 Å². The summed E-state index contributed by atoms with van der Waals surface area (Å²) in [5, 5.41) is 0. The lowest BCUT2D eigenvalue weighted by Crippen LogP contribution is -2.45. The van der Waals surface area contributed by atoms with E-state index < -0.39 is 0 Å². The first-order valence-electron chi connectivity index (χ1n) is 6.80. The Hall–Kier alpha value is -0.870. The van der Waals surface area contributed by atoms with Crippen molar-refractivity contribution in [1.29, 1.82) is 0 Å². The molecule has 1 amide bonds. The molecule has 0 radical (unpaired) electrons. The van der Waals surface area contributed by atoms with Gasteiger partial charge in [0.25, 0.3) is 5.91 Å². The van der Waals surface area contributed by atoms with Crippen molar-refractivity contribution in [2.75, 3.05) is 13.1 Å². The summed E-state index contributed by atoms with van der Waals surface area (Å²) in [4.78, 5) is 14.6. The van der Waals surface area contributed by atoms with Crippen molar-refractivity contribution in [2.45, 2.75) is 32.7 Å². The van der Waals surface area contributed by atoms with E-state index in [0.29, 0.717) is 5.92 Å². The fraction of sp³-hybridized carbons (Fsp3) is 0.533. The molecule has 1 aliphatic rings. The number of likely N-dealkylation sites (tertiary alicyclic amines) is 1. The minimum atomic E-state index is 0.129. The van der Waals surface area contributed by atoms with Crippen molar-refractivity contribution >= 4 is 21.8 Å². The molecule has 2 rings (SSSR count). The molecule has 3 nitrogen and oxygen atoms in total. The van der Waals surface area contributed by atoms with E-state index in [9.17, 15) is 4.79 Å². The van der Waals surface area contributed by atoms with Gasteiger partial charge in [0.15, 0.2) is 0 Å². The molecule has 0 aliphatic carbocycles. The van der Waals surface area contributed by atoms with Crippen molar-refractivity contribution < 1.29 is 4.79 Å². The molecule has 2 atom stereocenters. The molecule has 0 bridgehead atoms. The lowest BCUT2D eigenvalue weighted by Gasteiger charge is -2.35. The summed E-state index contributed by atoms with van der Waals surface area (Å²) in [6.07, 6.45) is 2.17. The molecule has 1 aromatic rings. The summed E-state index contributed by atoms with van der Waals surface area (Å²) in [6, 6.07) is 5.93. The number of carbonyl (C=O) groups is 1. The van der Waals surface area contributed by atoms with Crippen LogP contribution in [0.5, 0.6) is 0 Å². The molecule has 1 heterocycles. The molecule has 1 aliphatic heterocycles. The zero-order valence-corrected chi connectivity index (χ0v) is 13.1. The van der Waals surface area contributed by atoms with Crippen molar-refractivity contribution in [3.05, 3.63) is 33.8 Å². The Labute approximate surface area is 123 Å². The molecule has 1 fully saturated rings. The first-order chi connectivity index (χ1) is 9.00. The minimum Gasteiger partial charge on any atom is -0.338 e. The van der Waals surface area contributed by atoms with Crippen LogP contribution in [0.3, 0.4) is 0 Å². The SMILES string of the molecule is Cc1c(Br)cccc1C(=O)N1CCCC(C(C)N)C1. The third-order valence-electron chi connectivity index (χ3n) is 3.99. The fourth-order valence-electron chi connectivity index (χ4n) is 2.63. The van der Waals surface area contributed by atoms with Crippen LogP contribution in [0.1, 0.15) is 35.7 Å². The van der Waals surface area contributed by atoms with Crippen LogP contribution in [0.2, 0.25) is 0 Å². The molecule has 1 saturated heterocycles. The molecular weight excluding hydrogens is 304 g/mol. The summed E-state index contributed by atoms with van der Waals surface area (Å²) in [7, 11) is 0. The number of hydrogen-bond acceptors (Lipinski definition) is 2. The predicted octanol–water partition coefficient (Wildman–Crippen LogP) is 2.96. The number of benzene rings is 1. The topological polar surface area (TPSA) is 46.3 Å². The van der Waals surface area contributed by atoms with Crippen LogP contribution in [-0.4, -0.2) is 29.9 Å². The second-order valence-corrected chi connectivity index (χ2v) is 6.28. The third kappa shape index (κ3) is 3.18. The molecule has 0 saturated carbocycles. The quantitative estimate of drug-likeness (QED) is 0.909. The first kappa shape index (κ1) is 14.5. The van der Waals surface area contributed by atoms with E-state index in [2.05, 4.69) is 15.9 Å². The van der Waals surface area contributed by atoms with Gasteiger partial charge in [-0.25, -0.2) is 0 Å². The number of piperidine rings is 1. The summed E-state index contributed by atoms with van der Waals surface area (Å²) in [5.74, 6) is 0.550. The summed E-state index contributed by atoms with van der Waals surface area (Å²) < 4.78 is 0.985. The smallest absolute Gasteiger partial charge is 0.254 e. The van der Waals surface area contributed by atoms with E-state index in [1.54, 1.807) is 0 Å². The van der Waals surface area contributed by atoms with Crippen LogP contribution < -0.4 is 5.73 Å². The van der Waals surface area contributed by atoms with Gasteiger partial charge in [0, 0.05) is 29.2 Å². The van der Waals surface area contributed by atoms with Gasteiger partial charge < -0.3 is 10.6 Å². The van der Waals surface area contributed by atoms with Gasteiger partial charge in [-0.3, -0.25) is 4.79 Å². The van der Waals surface area contributed by atoms with E-state index in [0.717, 1.165) is 41.5 Å². The molecule has 19 heavy (non-hydrogen) atoms. The van der Waals surface area contributed by atoms with Gasteiger partial charge in [0.1, 0.15) is 0 Å². The zero-order chi connectivity index (χ0) is 14.0. The third-order valence-corrected chi connectivity index (χ3v) is 4.85. The second-order valence-electron chi connectivity index (χ2n) is 5.42. The normalized spacial score (nSPS) is 21.3. The maximum absolute atomic E-state index is 12.6. The molecule has 0 spiro atoms. The van der Waals surface area contributed by atoms with Crippen molar-refractivity contribution in [3.63, 3.8) is 0 Å². The van der Waals surface area contributed by atoms with Crippen molar-refractivity contribution in [2.24, 2.45) is 11.7 Å². The summed E-state index contributed by atoms with van der Waals surface area (Å²) in [6.45, 7) is 5.63. The lowest BCUT2D eigenvalue weighted by atomic mass is 9.91. The van der Waals surface area contributed by atoms with Crippen LogP contribution >= 0.6 is 15.9 Å². The van der Waals surface area contributed by atoms with Gasteiger partial charge >= 0.3 is 0 Å². The highest BCUT2D eigenvalue weighted by molar-refractivity contribution is 9.10. The largest absolute Gasteiger partial charge is 0.338 e. The average molecular weight is 325 g/mol. The van der Waals surface area contributed by atoms with Gasteiger partial charge in [-0.15, -0.1) is 0 Å². The van der Waals surface area contributed by atoms with Crippen LogP contribution in [-0.2, 0) is 0 Å². The number of halogens is 1. The number of amides is 1. The number of nitrogens with zero attached hydrogens (tertiary/aromatic N) is 1. The highest BCUT2D eigenvalue weighted by Crippen LogP contribution is 2.24. The highest BCUT2D eigenvalue weighted by Gasteiger charge is 2.27.